The molecule has 4 saturated carbocycles. The summed E-state index contributed by atoms with van der Waals surface area (Å²) in [5, 5.41) is 75.0. The maximum absolute atomic E-state index is 13.9. The van der Waals surface area contributed by atoms with Gasteiger partial charge in [-0.1, -0.05) is 53.2 Å². The first-order valence-corrected chi connectivity index (χ1v) is 17.6. The first kappa shape index (κ1) is 34.7. The number of aliphatic hydroxyl groups excluding tert-OH is 6. The normalized spacial score (nSPS) is 56.4. The number of carbonyl (C=O) groups is 1. The molecule has 0 aromatic carbocycles. The second kappa shape index (κ2) is 11.2. The van der Waals surface area contributed by atoms with Crippen molar-refractivity contribution < 1.29 is 50.0 Å². The van der Waals surface area contributed by atoms with Crippen LogP contribution in [0.15, 0.2) is 11.6 Å². The molecule has 6 aliphatic rings. The van der Waals surface area contributed by atoms with E-state index in [9.17, 15) is 40.5 Å². The van der Waals surface area contributed by atoms with Gasteiger partial charge >= 0.3 is 5.97 Å². The molecule has 0 spiro atoms. The van der Waals surface area contributed by atoms with E-state index in [1.807, 2.05) is 13.8 Å². The Kier molecular flexibility index (Phi) is 8.46. The maximum atomic E-state index is 13.9. The molecule has 17 atom stereocenters. The van der Waals surface area contributed by atoms with E-state index in [2.05, 4.69) is 40.7 Å². The Morgan fingerprint density at radius 3 is 2.28 bits per heavy atom. The lowest BCUT2D eigenvalue weighted by molar-refractivity contribution is -0.295. The molecule has 0 amide bonds. The van der Waals surface area contributed by atoms with E-state index in [1.165, 1.54) is 5.57 Å². The van der Waals surface area contributed by atoms with Crippen LogP contribution in [0.3, 0.4) is 0 Å². The Bertz CT molecular complexity index is 1230. The van der Waals surface area contributed by atoms with Crippen molar-refractivity contribution in [2.45, 2.75) is 142 Å². The predicted octanol–water partition coefficient (Wildman–Crippen LogP) is 2.29. The minimum Gasteiger partial charge on any atom is -0.432 e. The molecule has 5 aliphatic carbocycles. The number of esters is 1. The van der Waals surface area contributed by atoms with Gasteiger partial charge in [0.15, 0.2) is 0 Å². The van der Waals surface area contributed by atoms with Gasteiger partial charge in [-0.25, -0.2) is 0 Å². The number of hydrogen-bond donors (Lipinski definition) is 7. The van der Waals surface area contributed by atoms with Crippen LogP contribution >= 0.6 is 0 Å². The molecule has 5 fully saturated rings. The molecule has 262 valence electrons. The Balaban J connectivity index is 1.32. The highest BCUT2D eigenvalue weighted by Crippen LogP contribution is 2.75. The number of ether oxygens (including phenoxy) is 2. The summed E-state index contributed by atoms with van der Waals surface area (Å²) in [6, 6.07) is 0. The number of aliphatic hydroxyl groups is 7. The molecular formula is C36H58O10. The molecule has 10 nitrogen and oxygen atoms in total. The Morgan fingerprint density at radius 2 is 1.63 bits per heavy atom. The molecule has 0 aromatic heterocycles. The largest absolute Gasteiger partial charge is 0.432 e. The summed E-state index contributed by atoms with van der Waals surface area (Å²) in [6.45, 7) is 14.5. The first-order valence-electron chi connectivity index (χ1n) is 17.6. The molecule has 1 saturated heterocycles. The third-order valence-corrected chi connectivity index (χ3v) is 15.3. The molecule has 0 aromatic rings. The Morgan fingerprint density at radius 1 is 0.957 bits per heavy atom. The topological polar surface area (TPSA) is 177 Å². The second-order valence-corrected chi connectivity index (χ2v) is 17.6. The van der Waals surface area contributed by atoms with Crippen molar-refractivity contribution in [2.24, 2.45) is 57.2 Å². The van der Waals surface area contributed by atoms with E-state index in [-0.39, 0.29) is 45.8 Å². The molecule has 0 radical (unpaired) electrons. The third-order valence-electron chi connectivity index (χ3n) is 15.3. The maximum Gasteiger partial charge on any atom is 0.311 e. The van der Waals surface area contributed by atoms with E-state index in [1.54, 1.807) is 0 Å². The minimum atomic E-state index is -1.67. The summed E-state index contributed by atoms with van der Waals surface area (Å²) < 4.78 is 11.2. The SMILES string of the molecule is C[C@@H]1C[C@@H](C(=O)O[C@@H]2O[C@H](CO)[C@@H](O)[C@H](O)[C@H]2O)[C@@H]2CC[C@]3(C)C(=CC[C@@H]4[C@@]5(C)C[C@@H](O)[C@@H](O)C(C)(C)[C@H]5CC[C@]43C)[C@@H]2[C@]1(C)O. The van der Waals surface area contributed by atoms with Crippen molar-refractivity contribution >= 4 is 5.97 Å². The zero-order valence-corrected chi connectivity index (χ0v) is 28.6. The van der Waals surface area contributed by atoms with Gasteiger partial charge in [0.2, 0.25) is 6.29 Å². The number of allylic oxidation sites excluding steroid dienone is 1. The molecule has 10 heteroatoms. The van der Waals surface area contributed by atoms with E-state index in [0.29, 0.717) is 19.3 Å². The summed E-state index contributed by atoms with van der Waals surface area (Å²) in [4.78, 5) is 13.9. The Hall–Kier alpha value is -1.11. The van der Waals surface area contributed by atoms with Crippen molar-refractivity contribution in [1.29, 1.82) is 0 Å². The van der Waals surface area contributed by atoms with Crippen LogP contribution in [0.1, 0.15) is 93.4 Å². The molecule has 46 heavy (non-hydrogen) atoms. The standard InChI is InChI=1S/C36H58O10/c1-17-14-19(30(43)46-31-28(41)27(40)26(39)22(16-37)45-31)18-10-12-34(5)20(25(18)36(17,7)44)8-9-24-33(4)15-21(38)29(42)32(2,3)23(33)11-13-35(24,34)6/h8,17-19,21-29,31,37-42,44H,9-16H2,1-7H3/t17-,18+,19-,21-,22-,23-,24-,25-,26-,27+,28-,29-,31+,33+,34-,35-,36-/m1/s1. The fourth-order valence-electron chi connectivity index (χ4n) is 12.4. The number of hydrogen-bond acceptors (Lipinski definition) is 10. The predicted molar refractivity (Wildman–Crippen MR) is 168 cm³/mol. The lowest BCUT2D eigenvalue weighted by Gasteiger charge is -2.71. The van der Waals surface area contributed by atoms with Crippen molar-refractivity contribution in [3.63, 3.8) is 0 Å². The number of carbonyl (C=O) groups excluding carboxylic acids is 1. The lowest BCUT2D eigenvalue weighted by Crippen LogP contribution is -2.67. The zero-order chi connectivity index (χ0) is 33.9. The highest BCUT2D eigenvalue weighted by Gasteiger charge is 2.70. The van der Waals surface area contributed by atoms with Gasteiger partial charge in [-0.2, -0.15) is 0 Å². The van der Waals surface area contributed by atoms with Crippen LogP contribution in [-0.4, -0.2) is 96.8 Å². The third kappa shape index (κ3) is 4.60. The molecule has 1 aliphatic heterocycles. The van der Waals surface area contributed by atoms with Crippen LogP contribution in [0.2, 0.25) is 0 Å². The van der Waals surface area contributed by atoms with Gasteiger partial charge in [0, 0.05) is 5.92 Å². The van der Waals surface area contributed by atoms with Gasteiger partial charge in [-0.15, -0.1) is 0 Å². The summed E-state index contributed by atoms with van der Waals surface area (Å²) in [5.41, 5.74) is -0.806. The van der Waals surface area contributed by atoms with Gasteiger partial charge in [-0.3, -0.25) is 4.79 Å². The lowest BCUT2D eigenvalue weighted by atomic mass is 9.34. The highest BCUT2D eigenvalue weighted by molar-refractivity contribution is 5.73. The minimum absolute atomic E-state index is 0.117. The second-order valence-electron chi connectivity index (χ2n) is 17.6. The van der Waals surface area contributed by atoms with Gasteiger partial charge in [-0.05, 0) is 97.2 Å². The van der Waals surface area contributed by atoms with Crippen LogP contribution in [0.25, 0.3) is 0 Å². The highest BCUT2D eigenvalue weighted by atomic mass is 16.7. The molecule has 0 unspecified atom stereocenters. The van der Waals surface area contributed by atoms with Crippen LogP contribution in [0, 0.1) is 57.2 Å². The number of rotatable bonds is 3. The van der Waals surface area contributed by atoms with Gasteiger partial charge in [0.25, 0.3) is 0 Å². The Labute approximate surface area is 273 Å². The average molecular weight is 651 g/mol. The number of fused-ring (bicyclic) bond motifs is 7. The van der Waals surface area contributed by atoms with Crippen molar-refractivity contribution in [3.05, 3.63) is 11.6 Å². The van der Waals surface area contributed by atoms with Crippen molar-refractivity contribution in [3.8, 4) is 0 Å². The molecule has 6 rings (SSSR count). The molecule has 1 heterocycles. The summed E-state index contributed by atoms with van der Waals surface area (Å²) >= 11 is 0. The summed E-state index contributed by atoms with van der Waals surface area (Å²) in [5.74, 6) is -1.34. The van der Waals surface area contributed by atoms with Crippen LogP contribution in [0.4, 0.5) is 0 Å². The summed E-state index contributed by atoms with van der Waals surface area (Å²) in [7, 11) is 0. The van der Waals surface area contributed by atoms with Crippen LogP contribution < -0.4 is 0 Å². The summed E-state index contributed by atoms with van der Waals surface area (Å²) in [6.07, 6.45) is -1.54. The van der Waals surface area contributed by atoms with Crippen LogP contribution in [-0.2, 0) is 14.3 Å². The average Bonchev–Trinajstić information content (AvgIpc) is 2.98. The van der Waals surface area contributed by atoms with E-state index < -0.39 is 72.4 Å². The smallest absolute Gasteiger partial charge is 0.311 e. The van der Waals surface area contributed by atoms with Crippen molar-refractivity contribution in [1.82, 2.24) is 0 Å². The van der Waals surface area contributed by atoms with E-state index in [4.69, 9.17) is 9.47 Å². The molecular weight excluding hydrogens is 592 g/mol. The van der Waals surface area contributed by atoms with Crippen molar-refractivity contribution in [2.75, 3.05) is 6.61 Å². The van der Waals surface area contributed by atoms with Gasteiger partial charge < -0.3 is 45.2 Å². The first-order chi connectivity index (χ1) is 21.3. The van der Waals surface area contributed by atoms with Gasteiger partial charge in [0.05, 0.1) is 30.3 Å². The van der Waals surface area contributed by atoms with Crippen LogP contribution in [0.5, 0.6) is 0 Å². The fraction of sp³-hybridized carbons (Fsp3) is 0.917. The molecule has 0 bridgehead atoms. The van der Waals surface area contributed by atoms with E-state index in [0.717, 1.165) is 25.7 Å². The van der Waals surface area contributed by atoms with Gasteiger partial charge in [0.1, 0.15) is 24.4 Å². The zero-order valence-electron chi connectivity index (χ0n) is 28.6. The van der Waals surface area contributed by atoms with E-state index >= 15 is 0 Å². The monoisotopic (exact) mass is 650 g/mol. The quantitative estimate of drug-likeness (QED) is 0.177. The fourth-order valence-corrected chi connectivity index (χ4v) is 12.4. The molecule has 7 N–H and O–H groups in total.